The van der Waals surface area contributed by atoms with E-state index in [0.717, 1.165) is 5.69 Å². The number of carbonyl (C=O) groups excluding carboxylic acids is 1. The van der Waals surface area contributed by atoms with E-state index in [2.05, 4.69) is 4.98 Å². The lowest BCUT2D eigenvalue weighted by Gasteiger charge is -2.09. The highest BCUT2D eigenvalue weighted by molar-refractivity contribution is 5.90. The number of ether oxygens (including phenoxy) is 1. The minimum absolute atomic E-state index is 0.0919. The van der Waals surface area contributed by atoms with E-state index >= 15 is 0 Å². The maximum absolute atomic E-state index is 11.6. The molecule has 0 radical (unpaired) electrons. The van der Waals surface area contributed by atoms with Crippen LogP contribution >= 0.6 is 0 Å². The molecule has 0 unspecified atom stereocenters. The zero-order chi connectivity index (χ0) is 11.6. The van der Waals surface area contributed by atoms with Crippen LogP contribution in [0.25, 0.3) is 0 Å². The molecule has 1 aromatic rings. The van der Waals surface area contributed by atoms with Crippen molar-refractivity contribution in [2.75, 3.05) is 0 Å². The van der Waals surface area contributed by atoms with Gasteiger partial charge in [-0.1, -0.05) is 0 Å². The Morgan fingerprint density at radius 1 is 1.40 bits per heavy atom. The zero-order valence-electron chi connectivity index (χ0n) is 9.38. The number of esters is 1. The van der Waals surface area contributed by atoms with Crippen molar-refractivity contribution in [2.45, 2.75) is 33.8 Å². The van der Waals surface area contributed by atoms with E-state index in [1.54, 1.807) is 33.8 Å². The minimum Gasteiger partial charge on any atom is -0.459 e. The fourth-order valence-electron chi connectivity index (χ4n) is 1.38. The molecule has 0 saturated carbocycles. The molecule has 1 N–H and O–H groups in total. The Morgan fingerprint density at radius 3 is 2.47 bits per heavy atom. The van der Waals surface area contributed by atoms with E-state index in [9.17, 15) is 9.59 Å². The average Bonchev–Trinajstić information content (AvgIpc) is 1.99. The Labute approximate surface area is 88.3 Å². The van der Waals surface area contributed by atoms with E-state index in [0.29, 0.717) is 5.56 Å². The highest BCUT2D eigenvalue weighted by Gasteiger charge is 2.16. The van der Waals surface area contributed by atoms with Gasteiger partial charge in [0.1, 0.15) is 5.56 Å². The molecular weight excluding hydrogens is 194 g/mol. The van der Waals surface area contributed by atoms with E-state index in [1.165, 1.54) is 0 Å². The predicted molar refractivity (Wildman–Crippen MR) is 57.1 cm³/mol. The van der Waals surface area contributed by atoms with Gasteiger partial charge in [-0.05, 0) is 39.3 Å². The summed E-state index contributed by atoms with van der Waals surface area (Å²) in [5.41, 5.74) is 1.08. The van der Waals surface area contributed by atoms with Crippen LogP contribution in [0, 0.1) is 13.8 Å². The Morgan fingerprint density at radius 2 is 2.00 bits per heavy atom. The maximum Gasteiger partial charge on any atom is 0.344 e. The number of aromatic nitrogens is 1. The average molecular weight is 209 g/mol. The normalized spacial score (nSPS) is 10.5. The van der Waals surface area contributed by atoms with Gasteiger partial charge in [-0.15, -0.1) is 0 Å². The van der Waals surface area contributed by atoms with Gasteiger partial charge in [0, 0.05) is 5.69 Å². The van der Waals surface area contributed by atoms with Crippen molar-refractivity contribution in [1.82, 2.24) is 4.98 Å². The summed E-state index contributed by atoms with van der Waals surface area (Å²) in [7, 11) is 0. The number of nitrogens with one attached hydrogen (secondary N) is 1. The van der Waals surface area contributed by atoms with Crippen molar-refractivity contribution in [3.05, 3.63) is 33.2 Å². The minimum atomic E-state index is -0.566. The molecule has 0 aliphatic rings. The van der Waals surface area contributed by atoms with Gasteiger partial charge in [-0.3, -0.25) is 4.79 Å². The van der Waals surface area contributed by atoms with Crippen LogP contribution in [0.3, 0.4) is 0 Å². The summed E-state index contributed by atoms with van der Waals surface area (Å²) in [6.45, 7) is 6.98. The van der Waals surface area contributed by atoms with Gasteiger partial charge in [0.25, 0.3) is 5.56 Å². The molecule has 0 aromatic carbocycles. The third-order valence-electron chi connectivity index (χ3n) is 1.91. The molecule has 0 spiro atoms. The first kappa shape index (κ1) is 11.5. The molecular formula is C11H15NO3. The molecule has 4 heteroatoms. The number of aromatic amines is 1. The smallest absolute Gasteiger partial charge is 0.344 e. The lowest BCUT2D eigenvalue weighted by molar-refractivity contribution is 0.0375. The lowest BCUT2D eigenvalue weighted by atomic mass is 10.1. The second kappa shape index (κ2) is 4.29. The SMILES string of the molecule is Cc1cc(C)c(C(=O)OC(C)C)c(=O)[nH]1. The number of aryl methyl sites for hydroxylation is 2. The first-order valence-electron chi connectivity index (χ1n) is 4.83. The van der Waals surface area contributed by atoms with Gasteiger partial charge < -0.3 is 9.72 Å². The highest BCUT2D eigenvalue weighted by Crippen LogP contribution is 2.06. The number of hydrogen-bond donors (Lipinski definition) is 1. The molecule has 15 heavy (non-hydrogen) atoms. The maximum atomic E-state index is 11.6. The van der Waals surface area contributed by atoms with Crippen LogP contribution in [0.4, 0.5) is 0 Å². The van der Waals surface area contributed by atoms with E-state index in [-0.39, 0.29) is 11.7 Å². The number of H-pyrrole nitrogens is 1. The van der Waals surface area contributed by atoms with Crippen LogP contribution in [-0.2, 0) is 4.74 Å². The Balaban J connectivity index is 3.15. The molecule has 1 aromatic heterocycles. The first-order chi connectivity index (χ1) is 6.91. The van der Waals surface area contributed by atoms with E-state index in [4.69, 9.17) is 4.74 Å². The summed E-state index contributed by atoms with van der Waals surface area (Å²) in [6.07, 6.45) is -0.224. The molecule has 0 saturated heterocycles. The summed E-state index contributed by atoms with van der Waals surface area (Å²) >= 11 is 0. The van der Waals surface area contributed by atoms with Gasteiger partial charge in [-0.25, -0.2) is 4.79 Å². The Kier molecular flexibility index (Phi) is 3.29. The monoisotopic (exact) mass is 209 g/mol. The predicted octanol–water partition coefficient (Wildman–Crippen LogP) is 1.56. The standard InChI is InChI=1S/C11H15NO3/c1-6(2)15-11(14)9-7(3)5-8(4)12-10(9)13/h5-6H,1-4H3,(H,12,13). The second-order valence-corrected chi connectivity index (χ2v) is 3.79. The van der Waals surface area contributed by atoms with Crippen LogP contribution in [0.1, 0.15) is 35.5 Å². The van der Waals surface area contributed by atoms with Crippen molar-refractivity contribution >= 4 is 5.97 Å². The van der Waals surface area contributed by atoms with Crippen molar-refractivity contribution < 1.29 is 9.53 Å². The number of rotatable bonds is 2. The third-order valence-corrected chi connectivity index (χ3v) is 1.91. The topological polar surface area (TPSA) is 59.2 Å². The van der Waals surface area contributed by atoms with Crippen LogP contribution in [-0.4, -0.2) is 17.1 Å². The van der Waals surface area contributed by atoms with Crippen LogP contribution in [0.15, 0.2) is 10.9 Å². The second-order valence-electron chi connectivity index (χ2n) is 3.79. The largest absolute Gasteiger partial charge is 0.459 e. The first-order valence-corrected chi connectivity index (χ1v) is 4.83. The molecule has 0 bridgehead atoms. The lowest BCUT2D eigenvalue weighted by Crippen LogP contribution is -2.24. The fourth-order valence-corrected chi connectivity index (χ4v) is 1.38. The van der Waals surface area contributed by atoms with Gasteiger partial charge in [0.05, 0.1) is 6.10 Å². The Bertz CT molecular complexity index is 432. The molecule has 1 rings (SSSR count). The molecule has 0 aliphatic carbocycles. The number of pyridine rings is 1. The highest BCUT2D eigenvalue weighted by atomic mass is 16.5. The number of hydrogen-bond acceptors (Lipinski definition) is 3. The summed E-state index contributed by atoms with van der Waals surface area (Å²) in [6, 6.07) is 1.75. The summed E-state index contributed by atoms with van der Waals surface area (Å²) in [5, 5.41) is 0. The van der Waals surface area contributed by atoms with Gasteiger partial charge in [0.15, 0.2) is 0 Å². The van der Waals surface area contributed by atoms with Crippen LogP contribution in [0.2, 0.25) is 0 Å². The van der Waals surface area contributed by atoms with Gasteiger partial charge >= 0.3 is 5.97 Å². The van der Waals surface area contributed by atoms with E-state index in [1.807, 2.05) is 0 Å². The zero-order valence-corrected chi connectivity index (χ0v) is 9.38. The number of carbonyl (C=O) groups is 1. The van der Waals surface area contributed by atoms with Crippen molar-refractivity contribution in [2.24, 2.45) is 0 Å². The molecule has 82 valence electrons. The summed E-state index contributed by atoms with van der Waals surface area (Å²) in [4.78, 5) is 25.7. The molecule has 0 amide bonds. The fraction of sp³-hybridized carbons (Fsp3) is 0.455. The Hall–Kier alpha value is -1.58. The quantitative estimate of drug-likeness (QED) is 0.752. The molecule has 0 atom stereocenters. The van der Waals surface area contributed by atoms with Gasteiger partial charge in [0.2, 0.25) is 0 Å². The van der Waals surface area contributed by atoms with Crippen molar-refractivity contribution in [3.63, 3.8) is 0 Å². The van der Waals surface area contributed by atoms with Crippen molar-refractivity contribution in [3.8, 4) is 0 Å². The molecule has 4 nitrogen and oxygen atoms in total. The molecule has 0 aliphatic heterocycles. The summed E-state index contributed by atoms with van der Waals surface area (Å²) in [5.74, 6) is -0.566. The van der Waals surface area contributed by atoms with Crippen molar-refractivity contribution in [1.29, 1.82) is 0 Å². The summed E-state index contributed by atoms with van der Waals surface area (Å²) < 4.78 is 4.98. The van der Waals surface area contributed by atoms with E-state index < -0.39 is 11.5 Å². The van der Waals surface area contributed by atoms with Crippen LogP contribution in [0.5, 0.6) is 0 Å². The third kappa shape index (κ3) is 2.68. The van der Waals surface area contributed by atoms with Crippen LogP contribution < -0.4 is 5.56 Å². The molecule has 0 fully saturated rings. The van der Waals surface area contributed by atoms with Gasteiger partial charge in [-0.2, -0.15) is 0 Å². The molecule has 1 heterocycles.